The van der Waals surface area contributed by atoms with Crippen LogP contribution < -0.4 is 10.1 Å². The second kappa shape index (κ2) is 8.17. The van der Waals surface area contributed by atoms with Crippen molar-refractivity contribution in [2.24, 2.45) is 0 Å². The highest BCUT2D eigenvalue weighted by atomic mass is 19.1. The number of hydrogen-bond donors (Lipinski definition) is 1. The van der Waals surface area contributed by atoms with Crippen LogP contribution in [0.1, 0.15) is 5.56 Å². The van der Waals surface area contributed by atoms with E-state index < -0.39 is 11.6 Å². The number of aromatic nitrogens is 3. The number of rotatable bonds is 7. The molecule has 0 aliphatic carbocycles. The van der Waals surface area contributed by atoms with Gasteiger partial charge < -0.3 is 10.1 Å². The Morgan fingerprint density at radius 2 is 2.11 bits per heavy atom. The van der Waals surface area contributed by atoms with Crippen LogP contribution in [0.2, 0.25) is 0 Å². The zero-order chi connectivity index (χ0) is 19.2. The average Bonchev–Trinajstić information content (AvgIpc) is 2.68. The van der Waals surface area contributed by atoms with E-state index >= 15 is 0 Å². The molecule has 0 amide bonds. The lowest BCUT2D eigenvalue weighted by Gasteiger charge is -2.09. The lowest BCUT2D eigenvalue weighted by atomic mass is 10.2. The molecule has 0 unspecified atom stereocenters. The molecule has 0 spiro atoms. The SMILES string of the molecule is Cc1ccc([N+](=O)[O-])cc1Nc1nccc(-c2cncc(OCCF)c2)n1. The summed E-state index contributed by atoms with van der Waals surface area (Å²) in [5.41, 5.74) is 2.58. The summed E-state index contributed by atoms with van der Waals surface area (Å²) in [7, 11) is 0. The molecule has 27 heavy (non-hydrogen) atoms. The Morgan fingerprint density at radius 3 is 2.89 bits per heavy atom. The largest absolute Gasteiger partial charge is 0.489 e. The van der Waals surface area contributed by atoms with E-state index in [1.54, 1.807) is 30.6 Å². The fourth-order valence-corrected chi connectivity index (χ4v) is 2.35. The number of hydrogen-bond acceptors (Lipinski definition) is 7. The summed E-state index contributed by atoms with van der Waals surface area (Å²) in [6, 6.07) is 7.92. The van der Waals surface area contributed by atoms with Crippen molar-refractivity contribution in [1.82, 2.24) is 15.0 Å². The van der Waals surface area contributed by atoms with Crippen LogP contribution in [-0.2, 0) is 0 Å². The number of alkyl halides is 1. The number of anilines is 2. The smallest absolute Gasteiger partial charge is 0.271 e. The summed E-state index contributed by atoms with van der Waals surface area (Å²) >= 11 is 0. The molecule has 2 aromatic heterocycles. The minimum absolute atomic E-state index is 0.0267. The molecular formula is C18H16FN5O3. The topological polar surface area (TPSA) is 103 Å². The van der Waals surface area contributed by atoms with Crippen molar-refractivity contribution < 1.29 is 14.1 Å². The number of ether oxygens (including phenoxy) is 1. The Morgan fingerprint density at radius 1 is 1.26 bits per heavy atom. The number of nitrogens with zero attached hydrogens (tertiary/aromatic N) is 4. The van der Waals surface area contributed by atoms with Gasteiger partial charge in [0.25, 0.3) is 5.69 Å². The Kier molecular flexibility index (Phi) is 5.50. The summed E-state index contributed by atoms with van der Waals surface area (Å²) in [5, 5.41) is 14.0. The molecule has 0 saturated heterocycles. The second-order valence-electron chi connectivity index (χ2n) is 5.59. The predicted octanol–water partition coefficient (Wildman–Crippen LogP) is 3.85. The maximum atomic E-state index is 12.3. The van der Waals surface area contributed by atoms with E-state index in [9.17, 15) is 14.5 Å². The number of pyridine rings is 1. The van der Waals surface area contributed by atoms with E-state index in [0.29, 0.717) is 22.7 Å². The van der Waals surface area contributed by atoms with Gasteiger partial charge in [0.05, 0.1) is 22.5 Å². The highest BCUT2D eigenvalue weighted by Crippen LogP contribution is 2.26. The van der Waals surface area contributed by atoms with Crippen molar-refractivity contribution in [3.63, 3.8) is 0 Å². The molecule has 0 bridgehead atoms. The van der Waals surface area contributed by atoms with Gasteiger partial charge in [-0.25, -0.2) is 14.4 Å². The fraction of sp³-hybridized carbons (Fsp3) is 0.167. The molecule has 0 aliphatic rings. The summed E-state index contributed by atoms with van der Waals surface area (Å²) in [5.74, 6) is 0.721. The van der Waals surface area contributed by atoms with Crippen LogP contribution in [0.5, 0.6) is 5.75 Å². The molecule has 1 aromatic carbocycles. The summed E-state index contributed by atoms with van der Waals surface area (Å²) < 4.78 is 17.5. The van der Waals surface area contributed by atoms with E-state index in [4.69, 9.17) is 4.74 Å². The van der Waals surface area contributed by atoms with Crippen molar-refractivity contribution in [2.45, 2.75) is 6.92 Å². The highest BCUT2D eigenvalue weighted by Gasteiger charge is 2.11. The molecule has 1 N–H and O–H groups in total. The molecule has 0 saturated carbocycles. The molecular weight excluding hydrogens is 353 g/mol. The van der Waals surface area contributed by atoms with Crippen molar-refractivity contribution in [2.75, 3.05) is 18.6 Å². The first-order valence-corrected chi connectivity index (χ1v) is 8.06. The van der Waals surface area contributed by atoms with Gasteiger partial charge in [-0.2, -0.15) is 0 Å². The lowest BCUT2D eigenvalue weighted by Crippen LogP contribution is -2.01. The first-order chi connectivity index (χ1) is 13.1. The van der Waals surface area contributed by atoms with Gasteiger partial charge in [-0.1, -0.05) is 6.07 Å². The van der Waals surface area contributed by atoms with Gasteiger partial charge in [-0.3, -0.25) is 15.1 Å². The number of nitro groups is 1. The maximum Gasteiger partial charge on any atom is 0.271 e. The minimum atomic E-state index is -0.589. The van der Waals surface area contributed by atoms with Crippen LogP contribution in [0.4, 0.5) is 21.7 Å². The van der Waals surface area contributed by atoms with Crippen molar-refractivity contribution in [1.29, 1.82) is 0 Å². The van der Waals surface area contributed by atoms with Crippen LogP contribution in [0.3, 0.4) is 0 Å². The first-order valence-electron chi connectivity index (χ1n) is 8.06. The van der Waals surface area contributed by atoms with Gasteiger partial charge in [0.2, 0.25) is 5.95 Å². The van der Waals surface area contributed by atoms with E-state index in [0.717, 1.165) is 5.56 Å². The molecule has 0 fully saturated rings. The molecule has 8 nitrogen and oxygen atoms in total. The first kappa shape index (κ1) is 18.2. The van der Waals surface area contributed by atoms with Gasteiger partial charge >= 0.3 is 0 Å². The number of halogens is 1. The Bertz CT molecular complexity index is 967. The zero-order valence-electron chi connectivity index (χ0n) is 14.4. The van der Waals surface area contributed by atoms with Crippen LogP contribution in [0.25, 0.3) is 11.3 Å². The summed E-state index contributed by atoms with van der Waals surface area (Å²) in [4.78, 5) is 23.1. The van der Waals surface area contributed by atoms with Gasteiger partial charge in [0, 0.05) is 30.1 Å². The standard InChI is InChI=1S/C18H16FN5O3/c1-12-2-3-14(24(25)26)9-17(12)23-18-21-6-4-16(22-18)13-8-15(11-20-10-13)27-7-5-19/h2-4,6,8-11H,5,7H2,1H3,(H,21,22,23). The third-order valence-electron chi connectivity index (χ3n) is 3.69. The number of nitro benzene ring substituents is 1. The monoisotopic (exact) mass is 369 g/mol. The summed E-state index contributed by atoms with van der Waals surface area (Å²) in [6.07, 6.45) is 4.66. The van der Waals surface area contributed by atoms with Crippen LogP contribution in [0, 0.1) is 17.0 Å². The maximum absolute atomic E-state index is 12.3. The molecule has 0 aliphatic heterocycles. The third-order valence-corrected chi connectivity index (χ3v) is 3.69. The van der Waals surface area contributed by atoms with E-state index in [2.05, 4.69) is 20.3 Å². The van der Waals surface area contributed by atoms with Crippen LogP contribution in [0.15, 0.2) is 48.9 Å². The van der Waals surface area contributed by atoms with E-state index in [1.807, 2.05) is 6.92 Å². The Labute approximate surface area is 154 Å². The van der Waals surface area contributed by atoms with Gasteiger partial charge in [-0.05, 0) is 24.6 Å². The average molecular weight is 369 g/mol. The van der Waals surface area contributed by atoms with E-state index in [1.165, 1.54) is 18.3 Å². The van der Waals surface area contributed by atoms with Gasteiger partial charge in [-0.15, -0.1) is 0 Å². The zero-order valence-corrected chi connectivity index (χ0v) is 14.4. The number of non-ortho nitro benzene ring substituents is 1. The molecule has 2 heterocycles. The Balaban J connectivity index is 1.86. The molecule has 0 radical (unpaired) electrons. The number of aryl methyl sites for hydroxylation is 1. The number of benzene rings is 1. The summed E-state index contributed by atoms with van der Waals surface area (Å²) in [6.45, 7) is 1.19. The highest BCUT2D eigenvalue weighted by molar-refractivity contribution is 5.65. The van der Waals surface area contributed by atoms with Crippen molar-refractivity contribution in [3.8, 4) is 17.0 Å². The Hall–Kier alpha value is -3.62. The molecule has 9 heteroatoms. The molecule has 3 rings (SSSR count). The quantitative estimate of drug-likeness (QED) is 0.498. The number of nitrogens with one attached hydrogen (secondary N) is 1. The third kappa shape index (κ3) is 4.51. The van der Waals surface area contributed by atoms with Crippen molar-refractivity contribution in [3.05, 3.63) is 64.6 Å². The van der Waals surface area contributed by atoms with Crippen LogP contribution >= 0.6 is 0 Å². The fourth-order valence-electron chi connectivity index (χ4n) is 2.35. The second-order valence-corrected chi connectivity index (χ2v) is 5.59. The normalized spacial score (nSPS) is 10.4. The van der Waals surface area contributed by atoms with Crippen molar-refractivity contribution >= 4 is 17.3 Å². The van der Waals surface area contributed by atoms with Gasteiger partial charge in [0.1, 0.15) is 19.0 Å². The predicted molar refractivity (Wildman–Crippen MR) is 97.8 cm³/mol. The molecule has 3 aromatic rings. The lowest BCUT2D eigenvalue weighted by molar-refractivity contribution is -0.384. The minimum Gasteiger partial charge on any atom is -0.489 e. The molecule has 0 atom stereocenters. The van der Waals surface area contributed by atoms with E-state index in [-0.39, 0.29) is 18.2 Å². The molecule has 138 valence electrons. The van der Waals surface area contributed by atoms with Gasteiger partial charge in [0.15, 0.2) is 0 Å². The van der Waals surface area contributed by atoms with Crippen LogP contribution in [-0.4, -0.2) is 33.2 Å².